The molecule has 3 saturated carbocycles. The molecule has 7 aliphatic rings. The zero-order valence-electron chi connectivity index (χ0n) is 61.3. The molecule has 30 nitrogen and oxygen atoms in total. The maximum absolute atomic E-state index is 13.3. The number of methoxy groups -OCH3 is 3. The summed E-state index contributed by atoms with van der Waals surface area (Å²) in [4.78, 5) is 130. The molecule has 11 atom stereocenters. The fourth-order valence-corrected chi connectivity index (χ4v) is 13.5. The summed E-state index contributed by atoms with van der Waals surface area (Å²) in [6.07, 6.45) is 8.84. The van der Waals surface area contributed by atoms with Crippen LogP contribution in [-0.4, -0.2) is 185 Å². The molecule has 2 saturated heterocycles. The van der Waals surface area contributed by atoms with E-state index in [-0.39, 0.29) is 262 Å². The topological polar surface area (TPSA) is 413 Å². The second-order valence-electron chi connectivity index (χ2n) is 25.4. The van der Waals surface area contributed by atoms with E-state index in [1.807, 2.05) is 0 Å². The Morgan fingerprint density at radius 2 is 0.991 bits per heavy atom. The average Bonchev–Trinajstić information content (AvgIpc) is 1.74. The van der Waals surface area contributed by atoms with Crippen molar-refractivity contribution < 1.29 is 239 Å². The van der Waals surface area contributed by atoms with Crippen molar-refractivity contribution in [3.63, 3.8) is 0 Å². The number of aliphatic hydroxyl groups is 3. The molecule has 0 radical (unpaired) electrons. The normalized spacial score (nSPS) is 20.5. The van der Waals surface area contributed by atoms with Crippen molar-refractivity contribution in [3.8, 4) is 17.2 Å². The Kier molecular flexibility index (Phi) is 37.9. The maximum Gasteiger partial charge on any atom is 2.00 e. The Morgan fingerprint density at radius 1 is 0.611 bits per heavy atom. The van der Waals surface area contributed by atoms with E-state index >= 15 is 0 Å². The molecule has 3 aliphatic carbocycles. The summed E-state index contributed by atoms with van der Waals surface area (Å²) in [7, 11) is 3.53. The summed E-state index contributed by atoms with van der Waals surface area (Å²) in [5.41, 5.74) is 3.90. The first kappa shape index (κ1) is 95.1. The van der Waals surface area contributed by atoms with Gasteiger partial charge in [0.15, 0.2) is 53.1 Å². The summed E-state index contributed by atoms with van der Waals surface area (Å²) in [6.45, 7) is 4.93. The molecule has 0 unspecified atom stereocenters. The van der Waals surface area contributed by atoms with E-state index < -0.39 is 112 Å². The van der Waals surface area contributed by atoms with Crippen LogP contribution in [0.15, 0.2) is 106 Å². The van der Waals surface area contributed by atoms with Crippen molar-refractivity contribution in [1.29, 1.82) is 0 Å². The maximum atomic E-state index is 13.3. The van der Waals surface area contributed by atoms with Crippen LogP contribution in [0.25, 0.3) is 0 Å². The molecule has 5 fully saturated rings. The molecule has 0 spiro atoms. The van der Waals surface area contributed by atoms with Gasteiger partial charge >= 0.3 is 132 Å². The number of nitrogens with one attached hydrogen (secondary N) is 3. The van der Waals surface area contributed by atoms with Gasteiger partial charge in [0.1, 0.15) is 34.1 Å². The number of aromatic hydroxyl groups is 1. The van der Waals surface area contributed by atoms with Gasteiger partial charge in [0.2, 0.25) is 16.3 Å². The van der Waals surface area contributed by atoms with Gasteiger partial charge in [-0.05, 0) is 132 Å². The van der Waals surface area contributed by atoms with Gasteiger partial charge in [-0.2, -0.15) is 0 Å². The first-order valence-corrected chi connectivity index (χ1v) is 32.9. The van der Waals surface area contributed by atoms with Crippen LogP contribution in [0, 0.1) is 17.5 Å². The summed E-state index contributed by atoms with van der Waals surface area (Å²) in [6, 6.07) is 15.8. The number of aromatic nitrogens is 3. The number of ether oxygens (including phenoxy) is 5. The number of pyridine rings is 3. The number of benzene rings is 3. The zero-order valence-corrected chi connectivity index (χ0v) is 71.1. The predicted molar refractivity (Wildman–Crippen MR) is 360 cm³/mol. The largest absolute Gasteiger partial charge is 2.00 e. The third-order valence-corrected chi connectivity index (χ3v) is 18.7. The fourth-order valence-electron chi connectivity index (χ4n) is 13.5. The molecular weight excluding hydrogens is 1620 g/mol. The first-order chi connectivity index (χ1) is 49.1. The minimum Gasteiger partial charge on any atom is -1.00 e. The molecule has 38 heteroatoms. The third-order valence-electron chi connectivity index (χ3n) is 18.7. The van der Waals surface area contributed by atoms with Crippen molar-refractivity contribution in [3.05, 3.63) is 190 Å². The minimum atomic E-state index is -1.88. The molecule has 3 aromatic heterocycles. The Bertz CT molecular complexity index is 4350. The number of hydrogen-bond acceptors (Lipinski definition) is 22. The van der Waals surface area contributed by atoms with Crippen molar-refractivity contribution in [2.24, 2.45) is 5.73 Å². The number of rotatable bonds is 15. The Labute approximate surface area is 740 Å². The molecule has 4 bridgehead atoms. The van der Waals surface area contributed by atoms with E-state index in [1.165, 1.54) is 72.6 Å². The van der Waals surface area contributed by atoms with Crippen LogP contribution in [0.2, 0.25) is 0 Å². The van der Waals surface area contributed by atoms with E-state index in [0.29, 0.717) is 23.2 Å². The van der Waals surface area contributed by atoms with Crippen LogP contribution in [0.5, 0.6) is 17.2 Å². The van der Waals surface area contributed by atoms with Gasteiger partial charge in [0.05, 0.1) is 77.4 Å². The summed E-state index contributed by atoms with van der Waals surface area (Å²) in [5, 5.41) is 54.4. The number of halogens is 5. The van der Waals surface area contributed by atoms with Crippen LogP contribution >= 0.6 is 0 Å². The fraction of sp³-hybridized carbons (Fsp3) is 0.429. The number of carbonyl (C=O) groups excluding carboxylic acids is 7. The van der Waals surface area contributed by atoms with Gasteiger partial charge in [0.25, 0.3) is 36.0 Å². The molecule has 5 amide bonds. The van der Waals surface area contributed by atoms with Gasteiger partial charge in [-0.3, -0.25) is 43.2 Å². The minimum absolute atomic E-state index is 0. The summed E-state index contributed by atoms with van der Waals surface area (Å²) < 4.78 is 70.4. The van der Waals surface area contributed by atoms with E-state index in [0.717, 1.165) is 82.8 Å². The number of nitrogens with two attached hydrogens (primary N) is 1. The monoisotopic (exact) mass is 1700 g/mol. The molecule has 7 heterocycles. The number of carbonyl (C=O) groups is 7. The predicted octanol–water partition coefficient (Wildman–Crippen LogP) is -9.24. The van der Waals surface area contributed by atoms with Crippen molar-refractivity contribution in [2.45, 2.75) is 172 Å². The van der Waals surface area contributed by atoms with Crippen LogP contribution in [0.1, 0.15) is 177 Å². The smallest absolute Gasteiger partial charge is 1.00 e. The van der Waals surface area contributed by atoms with Crippen LogP contribution in [0.3, 0.4) is 0 Å². The first-order valence-electron chi connectivity index (χ1n) is 32.9. The quantitative estimate of drug-likeness (QED) is 0.0118. The van der Waals surface area contributed by atoms with Crippen LogP contribution in [0.4, 0.5) is 13.2 Å². The van der Waals surface area contributed by atoms with Gasteiger partial charge in [-0.15, -0.1) is 0 Å². The van der Waals surface area contributed by atoms with Gasteiger partial charge in [0, 0.05) is 36.7 Å². The number of amides is 5. The Morgan fingerprint density at radius 3 is 1.34 bits per heavy atom. The molecule has 4 aliphatic heterocycles. The second kappa shape index (κ2) is 43.1. The number of fused-ring (bicyclic) bond motifs is 10. The number of hydrogen-bond donors (Lipinski definition) is 8. The summed E-state index contributed by atoms with van der Waals surface area (Å²) in [5.74, 6) is -6.34. The second-order valence-corrected chi connectivity index (χ2v) is 25.4. The van der Waals surface area contributed by atoms with E-state index in [9.17, 15) is 71.6 Å². The average molecular weight is 1700 g/mol. The van der Waals surface area contributed by atoms with Crippen molar-refractivity contribution in [2.75, 3.05) is 21.3 Å². The van der Waals surface area contributed by atoms with Gasteiger partial charge in [-0.1, -0.05) is 36.4 Å². The van der Waals surface area contributed by atoms with E-state index in [2.05, 4.69) is 25.6 Å². The van der Waals surface area contributed by atoms with Crippen LogP contribution < -0.4 is 189 Å². The standard InChI is InChI=1S/C23H24FN3O5.C22H22FN3O5.C19H21FN2O7.C5H11NO.CH2O3.2BrH.2K.Mg.H/c1-12(13-3-5-14(24)6-4-13)25-22(29)17-10-26-11-18-27(15-7-8-16(9-15)32-18)23(30)19(26)21(31-2)20(17)28;1-11(12-2-4-13(23)5-3-12)24-21(29)16-9-25-10-17-26(14-6-7-15(8-14)31-17)22(30)18(25)20(28)19(16)27;1-10(11-4-6-12(20)7-5-11)21-18(26)13-8-22(9-14(23)24)15(19(27)29-3)17(28-2)16(13)25;6-4-1-2-5(7)3-4;2-1-4-3;;;;;;/h3-6,10,12,15-16,18H,7-9,11H2,1-2H3,(H,25,29);2-5,9,11,14-15,17,28H,6-8,10H2,1H3,(H,24,29);4-8,10,14,23-24H,9H2,1-3H3,(H,21,26);4-5,7H,1-3,6H2;1,3H;2*1H;;;;/q;;;;;;;2*+1;+2;-1/p-3/t12-,15+,16-,18-;11-,14+,15-,17-;10-;4-,5+;;;;;;;/m0001......./s1. The zero-order chi connectivity index (χ0) is 74.8. The number of esters is 1. The van der Waals surface area contributed by atoms with Gasteiger partial charge < -0.3 is 135 Å². The molecule has 9 N–H and O–H groups in total. The Hall–Kier alpha value is -5.29. The molecular formula is C70H80Br2F3K2MgN9O21. The Balaban J connectivity index is 0.000000385. The molecule has 570 valence electrons. The summed E-state index contributed by atoms with van der Waals surface area (Å²) >= 11 is 0. The van der Waals surface area contributed by atoms with Crippen molar-refractivity contribution in [1.82, 2.24) is 39.5 Å². The molecule has 108 heavy (non-hydrogen) atoms. The van der Waals surface area contributed by atoms with Gasteiger partial charge in [-0.25, -0.2) is 18.0 Å². The van der Waals surface area contributed by atoms with Crippen LogP contribution in [-0.2, 0) is 43.5 Å². The molecule has 13 rings (SSSR count). The molecule has 6 aromatic rings. The van der Waals surface area contributed by atoms with E-state index in [1.54, 1.807) is 59.4 Å². The number of aliphatic hydroxyl groups excluding tert-OH is 2. The number of nitrogens with zero attached hydrogens (tertiary/aromatic N) is 5. The van der Waals surface area contributed by atoms with Crippen molar-refractivity contribution >= 4 is 65.0 Å². The molecule has 3 aromatic carbocycles. The third kappa shape index (κ3) is 22.6. The SMILES string of the molecule is COC(=O)c1c(OC)c(=O)c(C(=O)N[C@@H](C)c2ccc(F)cc2)cn1CC(O)O.COc1c2n(cc(C(=O)N[C@@H](C)c3ccc(F)cc3)c1=O)C[C@@H]1O[C@H]3CC[C@H](C3)N1C2=O.C[C@H](NC(=O)c1cn2c(c(O)c1=O)C(=O)N1[C@@H]3CC[C@@H](C3)O[C@H]1C2)c1ccc(F)cc1.N[C@@H]1CC[C@H](O)C1.O=CO[O-].[Br-].[Br-].[H-].[K+].[K+].[Mg+2]. The van der Waals surface area contributed by atoms with E-state index in [4.69, 9.17) is 39.8 Å².